The van der Waals surface area contributed by atoms with E-state index in [-0.39, 0.29) is 13.2 Å². The van der Waals surface area contributed by atoms with Gasteiger partial charge in [-0.05, 0) is 27.7 Å². The van der Waals surface area contributed by atoms with Gasteiger partial charge in [-0.3, -0.25) is 9.69 Å². The fourth-order valence-electron chi connectivity index (χ4n) is 3.23. The molecule has 0 aromatic carbocycles. The Labute approximate surface area is 159 Å². The summed E-state index contributed by atoms with van der Waals surface area (Å²) in [5, 5.41) is 18.6. The van der Waals surface area contributed by atoms with Crippen molar-refractivity contribution in [1.82, 2.24) is 14.9 Å². The van der Waals surface area contributed by atoms with Gasteiger partial charge in [0.15, 0.2) is 0 Å². The smallest absolute Gasteiger partial charge is 0.480 e. The van der Waals surface area contributed by atoms with Crippen LogP contribution in [0.5, 0.6) is 0 Å². The number of piperazine rings is 1. The lowest BCUT2D eigenvalue weighted by Gasteiger charge is -2.38. The minimum Gasteiger partial charge on any atom is -0.480 e. The monoisotopic (exact) mass is 378 g/mol. The molecule has 10 heteroatoms. The van der Waals surface area contributed by atoms with E-state index in [1.807, 2.05) is 32.6 Å². The predicted molar refractivity (Wildman–Crippen MR) is 100 cm³/mol. The van der Waals surface area contributed by atoms with Crippen LogP contribution in [0.15, 0.2) is 12.4 Å². The first-order valence-electron chi connectivity index (χ1n) is 9.15. The summed E-state index contributed by atoms with van der Waals surface area (Å²) in [7, 11) is -0.530. The minimum absolute atomic E-state index is 0.0664. The first-order chi connectivity index (χ1) is 12.6. The third kappa shape index (κ3) is 3.93. The van der Waals surface area contributed by atoms with Gasteiger partial charge in [0.05, 0.1) is 17.8 Å². The fraction of sp³-hybridized carbons (Fsp3) is 0.706. The minimum atomic E-state index is -0.915. The maximum absolute atomic E-state index is 11.5. The molecule has 27 heavy (non-hydrogen) atoms. The van der Waals surface area contributed by atoms with Crippen LogP contribution in [0, 0.1) is 0 Å². The number of hydrogen-bond donors (Lipinski definition) is 2. The first kappa shape index (κ1) is 20.0. The highest BCUT2D eigenvalue weighted by Gasteiger charge is 2.52. The first-order valence-corrected chi connectivity index (χ1v) is 9.15. The normalized spacial score (nSPS) is 25.0. The Hall–Kier alpha value is -1.75. The van der Waals surface area contributed by atoms with Crippen LogP contribution in [0.3, 0.4) is 0 Å². The Morgan fingerprint density at radius 2 is 1.81 bits per heavy atom. The molecule has 3 heterocycles. The van der Waals surface area contributed by atoms with Crippen molar-refractivity contribution in [2.45, 2.75) is 44.9 Å². The van der Waals surface area contributed by atoms with Gasteiger partial charge in [-0.2, -0.15) is 0 Å². The number of β-amino-alcohol motifs (C(OH)–C–C–N with tert-alkyl or cyclic N) is 1. The van der Waals surface area contributed by atoms with Crippen molar-refractivity contribution < 1.29 is 24.3 Å². The molecule has 1 aromatic rings. The number of aromatic nitrogens is 2. The number of carbonyl (C=O) groups is 1. The maximum Gasteiger partial charge on any atom is 0.498 e. The van der Waals surface area contributed by atoms with Crippen molar-refractivity contribution in [1.29, 1.82) is 0 Å². The third-order valence-corrected chi connectivity index (χ3v) is 5.63. The number of carboxylic acids is 1. The number of nitrogens with zero attached hydrogens (tertiary/aromatic N) is 4. The Morgan fingerprint density at radius 1 is 1.22 bits per heavy atom. The summed E-state index contributed by atoms with van der Waals surface area (Å²) in [6.07, 6.45) is 3.33. The molecule has 3 rings (SSSR count). The van der Waals surface area contributed by atoms with Gasteiger partial charge in [0.25, 0.3) is 0 Å². The zero-order chi connectivity index (χ0) is 19.8. The van der Waals surface area contributed by atoms with E-state index in [0.717, 1.165) is 5.46 Å². The van der Waals surface area contributed by atoms with Crippen LogP contribution in [0.1, 0.15) is 27.7 Å². The van der Waals surface area contributed by atoms with Gasteiger partial charge in [-0.1, -0.05) is 0 Å². The zero-order valence-electron chi connectivity index (χ0n) is 16.3. The van der Waals surface area contributed by atoms with E-state index in [1.165, 1.54) is 0 Å². The Kier molecular flexibility index (Phi) is 5.44. The number of carboxylic acid groups (broad SMARTS) is 1. The number of anilines is 1. The molecule has 2 N–H and O–H groups in total. The largest absolute Gasteiger partial charge is 0.498 e. The second-order valence-corrected chi connectivity index (χ2v) is 7.96. The lowest BCUT2D eigenvalue weighted by Crippen LogP contribution is -2.57. The van der Waals surface area contributed by atoms with Crippen molar-refractivity contribution in [3.05, 3.63) is 12.4 Å². The topological polar surface area (TPSA) is 108 Å². The standard InChI is InChI=1S/C17H27BN4O5/c1-16(2)17(3,4)27-18(26-16)12-9-19-15(20-10-12)22-6-5-21(7-8-23)13(11-22)14(24)25/h9-10,13,23H,5-8,11H2,1-4H3,(H,24,25). The van der Waals surface area contributed by atoms with Gasteiger partial charge in [-0.15, -0.1) is 0 Å². The average molecular weight is 378 g/mol. The molecule has 0 bridgehead atoms. The molecule has 2 fully saturated rings. The third-order valence-electron chi connectivity index (χ3n) is 5.63. The van der Waals surface area contributed by atoms with Gasteiger partial charge in [-0.25, -0.2) is 9.97 Å². The lowest BCUT2D eigenvalue weighted by atomic mass is 9.81. The Morgan fingerprint density at radius 3 is 2.33 bits per heavy atom. The highest BCUT2D eigenvalue weighted by Crippen LogP contribution is 2.36. The zero-order valence-corrected chi connectivity index (χ0v) is 16.3. The highest BCUT2D eigenvalue weighted by molar-refractivity contribution is 6.61. The molecule has 148 valence electrons. The summed E-state index contributed by atoms with van der Waals surface area (Å²) in [5.74, 6) is -0.438. The van der Waals surface area contributed by atoms with E-state index in [0.29, 0.717) is 25.6 Å². The number of hydrogen-bond acceptors (Lipinski definition) is 8. The van der Waals surface area contributed by atoms with Crippen LogP contribution in [0.2, 0.25) is 0 Å². The molecule has 0 saturated carbocycles. The molecular weight excluding hydrogens is 351 g/mol. The van der Waals surface area contributed by atoms with Crippen molar-refractivity contribution in [3.8, 4) is 0 Å². The second-order valence-electron chi connectivity index (χ2n) is 7.96. The number of rotatable bonds is 5. The summed E-state index contributed by atoms with van der Waals surface area (Å²) in [6.45, 7) is 9.61. The quantitative estimate of drug-likeness (QED) is 0.646. The molecule has 0 spiro atoms. The second kappa shape index (κ2) is 7.35. The molecule has 0 amide bonds. The molecule has 2 aliphatic rings. The van der Waals surface area contributed by atoms with Crippen LogP contribution in [0.4, 0.5) is 5.95 Å². The van der Waals surface area contributed by atoms with E-state index < -0.39 is 30.3 Å². The lowest BCUT2D eigenvalue weighted by molar-refractivity contribution is -0.143. The maximum atomic E-state index is 11.5. The number of aliphatic carboxylic acids is 1. The SMILES string of the molecule is CC1(C)OB(c2cnc(N3CCN(CCO)C(C(=O)O)C3)nc2)OC1(C)C. The molecule has 1 aromatic heterocycles. The summed E-state index contributed by atoms with van der Waals surface area (Å²) in [6, 6.07) is -0.697. The van der Waals surface area contributed by atoms with Crippen LogP contribution < -0.4 is 10.4 Å². The van der Waals surface area contributed by atoms with Crippen molar-refractivity contribution in [2.24, 2.45) is 0 Å². The van der Waals surface area contributed by atoms with Gasteiger partial charge in [0.1, 0.15) is 6.04 Å². The molecule has 2 saturated heterocycles. The van der Waals surface area contributed by atoms with Crippen LogP contribution in [0.25, 0.3) is 0 Å². The van der Waals surface area contributed by atoms with E-state index in [9.17, 15) is 9.90 Å². The van der Waals surface area contributed by atoms with E-state index >= 15 is 0 Å². The van der Waals surface area contributed by atoms with Gasteiger partial charge in [0, 0.05) is 44.0 Å². The van der Waals surface area contributed by atoms with E-state index in [4.69, 9.17) is 14.4 Å². The van der Waals surface area contributed by atoms with E-state index in [1.54, 1.807) is 17.3 Å². The van der Waals surface area contributed by atoms with Gasteiger partial charge in [0.2, 0.25) is 5.95 Å². The number of aliphatic hydroxyl groups is 1. The fourth-order valence-corrected chi connectivity index (χ4v) is 3.23. The molecule has 0 aliphatic carbocycles. The van der Waals surface area contributed by atoms with Crippen molar-refractivity contribution >= 4 is 24.5 Å². The van der Waals surface area contributed by atoms with Crippen LogP contribution in [-0.2, 0) is 14.1 Å². The Bertz CT molecular complexity index is 668. The molecule has 0 radical (unpaired) electrons. The van der Waals surface area contributed by atoms with Gasteiger partial charge < -0.3 is 24.4 Å². The summed E-state index contributed by atoms with van der Waals surface area (Å²) >= 11 is 0. The van der Waals surface area contributed by atoms with Crippen LogP contribution >= 0.6 is 0 Å². The molecule has 1 unspecified atom stereocenters. The highest BCUT2D eigenvalue weighted by atomic mass is 16.7. The average Bonchev–Trinajstić information content (AvgIpc) is 2.83. The molecular formula is C17H27BN4O5. The van der Waals surface area contributed by atoms with Crippen molar-refractivity contribution in [2.75, 3.05) is 37.7 Å². The summed E-state index contributed by atoms with van der Waals surface area (Å²) < 4.78 is 12.0. The molecule has 2 aliphatic heterocycles. The predicted octanol–water partition coefficient (Wildman–Crippen LogP) is -0.657. The van der Waals surface area contributed by atoms with Gasteiger partial charge >= 0.3 is 13.1 Å². The Balaban J connectivity index is 1.70. The number of aliphatic hydroxyl groups excluding tert-OH is 1. The van der Waals surface area contributed by atoms with Crippen LogP contribution in [-0.4, -0.2) is 88.2 Å². The summed E-state index contributed by atoms with van der Waals surface area (Å²) in [4.78, 5) is 24.0. The van der Waals surface area contributed by atoms with Crippen molar-refractivity contribution in [3.63, 3.8) is 0 Å². The molecule has 1 atom stereocenters. The van der Waals surface area contributed by atoms with E-state index in [2.05, 4.69) is 9.97 Å². The molecule has 9 nitrogen and oxygen atoms in total. The summed E-state index contributed by atoms with van der Waals surface area (Å²) in [5.41, 5.74) is -0.145.